The normalized spacial score (nSPS) is 10.5. The molecule has 0 aliphatic rings. The largest absolute Gasteiger partial charge is 0.481 e. The van der Waals surface area contributed by atoms with Crippen LogP contribution in [0.1, 0.15) is 12.0 Å². The molecule has 0 aliphatic heterocycles. The summed E-state index contributed by atoms with van der Waals surface area (Å²) in [5, 5.41) is 8.34. The monoisotopic (exact) mass is 177 g/mol. The van der Waals surface area contributed by atoms with E-state index in [2.05, 4.69) is 4.99 Å². The molecule has 1 aromatic carbocycles. The van der Waals surface area contributed by atoms with E-state index in [4.69, 9.17) is 5.11 Å². The molecule has 0 radical (unpaired) electrons. The molecule has 1 aromatic rings. The third-order valence-electron chi connectivity index (χ3n) is 1.49. The number of carboxylic acid groups (broad SMARTS) is 1. The molecule has 1 N–H and O–H groups in total. The van der Waals surface area contributed by atoms with Crippen molar-refractivity contribution < 1.29 is 9.90 Å². The number of hydrogen-bond acceptors (Lipinski definition) is 2. The Balaban J connectivity index is 2.37. The molecule has 0 aromatic heterocycles. The molecule has 0 spiro atoms. The zero-order valence-electron chi connectivity index (χ0n) is 7.18. The van der Waals surface area contributed by atoms with Crippen LogP contribution in [-0.2, 0) is 4.79 Å². The average Bonchev–Trinajstić information content (AvgIpc) is 2.14. The van der Waals surface area contributed by atoms with E-state index in [0.29, 0.717) is 6.54 Å². The minimum absolute atomic E-state index is 0.0866. The third kappa shape index (κ3) is 4.06. The lowest BCUT2D eigenvalue weighted by atomic mass is 10.2. The number of nitrogens with zero attached hydrogens (tertiary/aromatic N) is 1. The van der Waals surface area contributed by atoms with E-state index in [-0.39, 0.29) is 6.42 Å². The van der Waals surface area contributed by atoms with Crippen molar-refractivity contribution in [1.29, 1.82) is 0 Å². The lowest BCUT2D eigenvalue weighted by Gasteiger charge is -1.90. The van der Waals surface area contributed by atoms with Crippen molar-refractivity contribution in [3.63, 3.8) is 0 Å². The number of rotatable bonds is 4. The van der Waals surface area contributed by atoms with E-state index in [0.717, 1.165) is 5.56 Å². The highest BCUT2D eigenvalue weighted by atomic mass is 16.4. The first-order valence-corrected chi connectivity index (χ1v) is 4.06. The number of carbonyl (C=O) groups is 1. The molecule has 0 saturated heterocycles. The average molecular weight is 177 g/mol. The second-order valence-corrected chi connectivity index (χ2v) is 2.59. The van der Waals surface area contributed by atoms with Crippen molar-refractivity contribution >= 4 is 12.2 Å². The van der Waals surface area contributed by atoms with Crippen LogP contribution in [0.2, 0.25) is 0 Å². The van der Waals surface area contributed by atoms with Crippen LogP contribution in [0.25, 0.3) is 0 Å². The van der Waals surface area contributed by atoms with Gasteiger partial charge in [-0.15, -0.1) is 0 Å². The maximum atomic E-state index is 10.1. The molecule has 0 amide bonds. The van der Waals surface area contributed by atoms with Crippen LogP contribution in [0.15, 0.2) is 35.3 Å². The SMILES string of the molecule is O=C(O)CCN=Cc1ccccc1. The predicted molar refractivity (Wildman–Crippen MR) is 51.2 cm³/mol. The van der Waals surface area contributed by atoms with Gasteiger partial charge in [-0.2, -0.15) is 0 Å². The second-order valence-electron chi connectivity index (χ2n) is 2.59. The van der Waals surface area contributed by atoms with Crippen molar-refractivity contribution in [2.45, 2.75) is 6.42 Å². The predicted octanol–water partition coefficient (Wildman–Crippen LogP) is 1.58. The van der Waals surface area contributed by atoms with Gasteiger partial charge in [-0.1, -0.05) is 30.3 Å². The van der Waals surface area contributed by atoms with Gasteiger partial charge >= 0.3 is 5.97 Å². The summed E-state index contributed by atoms with van der Waals surface area (Å²) in [6, 6.07) is 9.60. The number of aliphatic imine (C=N–C) groups is 1. The van der Waals surface area contributed by atoms with Gasteiger partial charge in [0.25, 0.3) is 0 Å². The van der Waals surface area contributed by atoms with Gasteiger partial charge < -0.3 is 5.11 Å². The maximum absolute atomic E-state index is 10.1. The van der Waals surface area contributed by atoms with E-state index < -0.39 is 5.97 Å². The van der Waals surface area contributed by atoms with Gasteiger partial charge in [-0.3, -0.25) is 9.79 Å². The Hall–Kier alpha value is -1.64. The van der Waals surface area contributed by atoms with Gasteiger partial charge in [0, 0.05) is 12.8 Å². The minimum atomic E-state index is -0.815. The summed E-state index contributed by atoms with van der Waals surface area (Å²) >= 11 is 0. The zero-order valence-corrected chi connectivity index (χ0v) is 7.18. The summed E-state index contributed by atoms with van der Waals surface area (Å²) < 4.78 is 0. The highest BCUT2D eigenvalue weighted by molar-refractivity contribution is 5.79. The Labute approximate surface area is 76.7 Å². The fraction of sp³-hybridized carbons (Fsp3) is 0.200. The zero-order chi connectivity index (χ0) is 9.52. The molecule has 0 heterocycles. The highest BCUT2D eigenvalue weighted by Crippen LogP contribution is 1.94. The lowest BCUT2D eigenvalue weighted by Crippen LogP contribution is -1.96. The fourth-order valence-corrected chi connectivity index (χ4v) is 0.869. The van der Waals surface area contributed by atoms with Crippen molar-refractivity contribution in [1.82, 2.24) is 0 Å². The van der Waals surface area contributed by atoms with Crippen LogP contribution in [0.5, 0.6) is 0 Å². The molecular formula is C10H11NO2. The van der Waals surface area contributed by atoms with Gasteiger partial charge in [-0.05, 0) is 5.56 Å². The Kier molecular flexibility index (Phi) is 3.70. The molecule has 0 saturated carbocycles. The maximum Gasteiger partial charge on any atom is 0.305 e. The Morgan fingerprint density at radius 3 is 2.69 bits per heavy atom. The topological polar surface area (TPSA) is 49.7 Å². The Morgan fingerprint density at radius 1 is 1.38 bits per heavy atom. The summed E-state index contributed by atoms with van der Waals surface area (Å²) in [7, 11) is 0. The van der Waals surface area contributed by atoms with Gasteiger partial charge in [0.2, 0.25) is 0 Å². The second kappa shape index (κ2) is 5.09. The molecule has 0 unspecified atom stereocenters. The van der Waals surface area contributed by atoms with Crippen molar-refractivity contribution in [3.05, 3.63) is 35.9 Å². The lowest BCUT2D eigenvalue weighted by molar-refractivity contribution is -0.136. The molecule has 0 aliphatic carbocycles. The van der Waals surface area contributed by atoms with Crippen LogP contribution in [-0.4, -0.2) is 23.8 Å². The van der Waals surface area contributed by atoms with Gasteiger partial charge in [0.15, 0.2) is 0 Å². The number of carboxylic acids is 1. The van der Waals surface area contributed by atoms with Crippen molar-refractivity contribution in [2.24, 2.45) is 4.99 Å². The van der Waals surface area contributed by atoms with Gasteiger partial charge in [-0.25, -0.2) is 0 Å². The Bertz CT molecular complexity index is 293. The molecule has 0 atom stereocenters. The molecule has 0 fully saturated rings. The van der Waals surface area contributed by atoms with E-state index in [1.54, 1.807) is 6.21 Å². The summed E-state index contributed by atoms with van der Waals surface area (Å²) in [5.41, 5.74) is 0.993. The smallest absolute Gasteiger partial charge is 0.305 e. The summed E-state index contributed by atoms with van der Waals surface area (Å²) in [6.45, 7) is 0.338. The van der Waals surface area contributed by atoms with E-state index in [1.165, 1.54) is 0 Å². The van der Waals surface area contributed by atoms with Crippen LogP contribution in [0, 0.1) is 0 Å². The third-order valence-corrected chi connectivity index (χ3v) is 1.49. The molecule has 1 rings (SSSR count). The highest BCUT2D eigenvalue weighted by Gasteiger charge is 1.92. The quantitative estimate of drug-likeness (QED) is 0.710. The number of benzene rings is 1. The van der Waals surface area contributed by atoms with Crippen molar-refractivity contribution in [3.8, 4) is 0 Å². The summed E-state index contributed by atoms with van der Waals surface area (Å²) in [5.74, 6) is -0.815. The van der Waals surface area contributed by atoms with Crippen LogP contribution in [0.3, 0.4) is 0 Å². The molecule has 13 heavy (non-hydrogen) atoms. The molecule has 3 nitrogen and oxygen atoms in total. The van der Waals surface area contributed by atoms with E-state index in [9.17, 15) is 4.79 Å². The minimum Gasteiger partial charge on any atom is -0.481 e. The molecular weight excluding hydrogens is 166 g/mol. The van der Waals surface area contributed by atoms with Crippen LogP contribution < -0.4 is 0 Å². The standard InChI is InChI=1S/C10H11NO2/c12-10(13)6-7-11-8-9-4-2-1-3-5-9/h1-5,8H,6-7H2,(H,12,13). The number of hydrogen-bond donors (Lipinski definition) is 1. The van der Waals surface area contributed by atoms with Gasteiger partial charge in [0.05, 0.1) is 6.42 Å². The molecule has 3 heteroatoms. The van der Waals surface area contributed by atoms with E-state index >= 15 is 0 Å². The molecule has 68 valence electrons. The first-order valence-electron chi connectivity index (χ1n) is 4.06. The molecule has 0 bridgehead atoms. The number of aliphatic carboxylic acids is 1. The van der Waals surface area contributed by atoms with Crippen molar-refractivity contribution in [2.75, 3.05) is 6.54 Å². The summed E-state index contributed by atoms with van der Waals surface area (Å²) in [4.78, 5) is 14.1. The van der Waals surface area contributed by atoms with E-state index in [1.807, 2.05) is 30.3 Å². The van der Waals surface area contributed by atoms with Crippen LogP contribution in [0.4, 0.5) is 0 Å². The fourth-order valence-electron chi connectivity index (χ4n) is 0.869. The first kappa shape index (κ1) is 9.45. The van der Waals surface area contributed by atoms with Crippen LogP contribution >= 0.6 is 0 Å². The van der Waals surface area contributed by atoms with Gasteiger partial charge in [0.1, 0.15) is 0 Å². The Morgan fingerprint density at radius 2 is 2.08 bits per heavy atom. The summed E-state index contributed by atoms with van der Waals surface area (Å²) in [6.07, 6.45) is 1.77. The first-order chi connectivity index (χ1) is 6.29.